The molecule has 1 heterocycles. The summed E-state index contributed by atoms with van der Waals surface area (Å²) in [5.74, 6) is -0.856. The molecule has 126 valence electrons. The van der Waals surface area contributed by atoms with Gasteiger partial charge in [-0.3, -0.25) is 14.5 Å². The molecule has 0 aliphatic carbocycles. The average molecular weight is 322 g/mol. The molecule has 6 heteroatoms. The van der Waals surface area contributed by atoms with Crippen molar-refractivity contribution in [2.24, 2.45) is 0 Å². The largest absolute Gasteiger partial charge is 0.456 e. The molecule has 5 nitrogen and oxygen atoms in total. The lowest BCUT2D eigenvalue weighted by Gasteiger charge is -2.44. The lowest BCUT2D eigenvalue weighted by molar-refractivity contribution is -0.153. The Labute approximate surface area is 136 Å². The molecule has 1 amide bonds. The van der Waals surface area contributed by atoms with Crippen LogP contribution in [-0.2, 0) is 20.9 Å². The summed E-state index contributed by atoms with van der Waals surface area (Å²) in [4.78, 5) is 27.0. The van der Waals surface area contributed by atoms with Crippen LogP contribution in [0.2, 0.25) is 0 Å². The molecular weight excluding hydrogens is 299 g/mol. The minimum Gasteiger partial charge on any atom is -0.456 e. The number of amides is 1. The second kappa shape index (κ2) is 7.55. The molecule has 23 heavy (non-hydrogen) atoms. The first kappa shape index (κ1) is 17.4. The van der Waals surface area contributed by atoms with Crippen LogP contribution in [0, 0.1) is 5.82 Å². The number of halogens is 1. The van der Waals surface area contributed by atoms with E-state index < -0.39 is 5.97 Å². The molecule has 2 rings (SSSR count). The molecule has 1 aliphatic heterocycles. The van der Waals surface area contributed by atoms with E-state index in [2.05, 4.69) is 11.8 Å². The fourth-order valence-electron chi connectivity index (χ4n) is 2.84. The van der Waals surface area contributed by atoms with E-state index in [0.29, 0.717) is 6.54 Å². The van der Waals surface area contributed by atoms with Crippen LogP contribution < -0.4 is 0 Å². The zero-order chi connectivity index (χ0) is 17.0. The van der Waals surface area contributed by atoms with E-state index in [1.54, 1.807) is 17.0 Å². The van der Waals surface area contributed by atoms with Crippen LogP contribution in [0.25, 0.3) is 0 Å². The molecule has 0 N–H and O–H groups in total. The highest BCUT2D eigenvalue weighted by Gasteiger charge is 2.32. The first-order valence-corrected chi connectivity index (χ1v) is 7.78. The Bertz CT molecular complexity index is 561. The van der Waals surface area contributed by atoms with Crippen LogP contribution in [0.1, 0.15) is 26.3 Å². The second-order valence-corrected chi connectivity index (χ2v) is 6.08. The third kappa shape index (κ3) is 4.76. The Kier molecular flexibility index (Phi) is 5.71. The Hall–Kier alpha value is -1.95. The van der Waals surface area contributed by atoms with Crippen molar-refractivity contribution in [3.63, 3.8) is 0 Å². The van der Waals surface area contributed by atoms with Gasteiger partial charge in [-0.05, 0) is 31.5 Å². The number of piperazine rings is 1. The molecule has 0 spiro atoms. The fraction of sp³-hybridized carbons (Fsp3) is 0.529. The minimum atomic E-state index is -0.450. The van der Waals surface area contributed by atoms with Crippen LogP contribution in [0.4, 0.5) is 4.39 Å². The molecule has 1 fully saturated rings. The highest BCUT2D eigenvalue weighted by atomic mass is 19.1. The molecule has 0 bridgehead atoms. The number of esters is 1. The van der Waals surface area contributed by atoms with Gasteiger partial charge in [-0.2, -0.15) is 0 Å². The van der Waals surface area contributed by atoms with Crippen molar-refractivity contribution in [3.05, 3.63) is 35.6 Å². The summed E-state index contributed by atoms with van der Waals surface area (Å²) in [7, 11) is 0. The quantitative estimate of drug-likeness (QED) is 0.793. The van der Waals surface area contributed by atoms with Gasteiger partial charge in [0.1, 0.15) is 5.82 Å². The zero-order valence-corrected chi connectivity index (χ0v) is 13.8. The monoisotopic (exact) mass is 322 g/mol. The maximum Gasteiger partial charge on any atom is 0.303 e. The number of hydrogen-bond acceptors (Lipinski definition) is 4. The molecule has 1 aromatic rings. The first-order chi connectivity index (χ1) is 10.9. The van der Waals surface area contributed by atoms with Crippen molar-refractivity contribution in [1.82, 2.24) is 9.80 Å². The van der Waals surface area contributed by atoms with Crippen LogP contribution in [0.15, 0.2) is 24.3 Å². The molecule has 0 saturated carbocycles. The number of ether oxygens (including phenoxy) is 1. The van der Waals surface area contributed by atoms with E-state index in [1.807, 2.05) is 6.92 Å². The summed E-state index contributed by atoms with van der Waals surface area (Å²) < 4.78 is 17.8. The van der Waals surface area contributed by atoms with Crippen molar-refractivity contribution >= 4 is 11.9 Å². The number of carbonyl (C=O) groups excluding carboxylic acids is 2. The van der Waals surface area contributed by atoms with Crippen molar-refractivity contribution in [2.45, 2.75) is 39.4 Å². The normalized spacial score (nSPS) is 22.0. The predicted octanol–water partition coefficient (Wildman–Crippen LogP) is 1.81. The number of nitrogens with zero attached hydrogens (tertiary/aromatic N) is 2. The summed E-state index contributed by atoms with van der Waals surface area (Å²) in [6.07, 6.45) is 0. The molecule has 0 unspecified atom stereocenters. The Morgan fingerprint density at radius 1 is 1.17 bits per heavy atom. The number of hydrogen-bond donors (Lipinski definition) is 0. The first-order valence-electron chi connectivity index (χ1n) is 7.78. The maximum absolute atomic E-state index is 13.0. The lowest BCUT2D eigenvalue weighted by atomic mass is 10.1. The Balaban J connectivity index is 1.94. The Morgan fingerprint density at radius 3 is 2.43 bits per heavy atom. The zero-order valence-electron chi connectivity index (χ0n) is 13.8. The van der Waals surface area contributed by atoms with Gasteiger partial charge >= 0.3 is 5.97 Å². The fourth-order valence-corrected chi connectivity index (χ4v) is 2.84. The van der Waals surface area contributed by atoms with Gasteiger partial charge in [-0.15, -0.1) is 0 Å². The van der Waals surface area contributed by atoms with E-state index in [9.17, 15) is 14.0 Å². The summed E-state index contributed by atoms with van der Waals surface area (Å²) in [5.41, 5.74) is 1.05. The van der Waals surface area contributed by atoms with Gasteiger partial charge in [0.15, 0.2) is 6.61 Å². The third-order valence-electron chi connectivity index (χ3n) is 4.13. The third-order valence-corrected chi connectivity index (χ3v) is 4.13. The SMILES string of the molecule is CC(=O)OCC(=O)N1C[C@H](C)N(Cc2ccc(F)cc2)C[C@H]1C. The van der Waals surface area contributed by atoms with E-state index in [1.165, 1.54) is 19.1 Å². The summed E-state index contributed by atoms with van der Waals surface area (Å²) in [6.45, 7) is 7.16. The minimum absolute atomic E-state index is 0.0368. The number of carbonyl (C=O) groups is 2. The second-order valence-electron chi connectivity index (χ2n) is 6.08. The van der Waals surface area contributed by atoms with Gasteiger partial charge in [0.2, 0.25) is 0 Å². The maximum atomic E-state index is 13.0. The highest BCUT2D eigenvalue weighted by molar-refractivity contribution is 5.80. The van der Waals surface area contributed by atoms with Crippen molar-refractivity contribution in [3.8, 4) is 0 Å². The van der Waals surface area contributed by atoms with Gasteiger partial charge in [-0.1, -0.05) is 12.1 Å². The van der Waals surface area contributed by atoms with E-state index in [4.69, 9.17) is 4.74 Å². The van der Waals surface area contributed by atoms with E-state index >= 15 is 0 Å². The molecular formula is C17H23FN2O3. The van der Waals surface area contributed by atoms with Crippen LogP contribution >= 0.6 is 0 Å². The molecule has 1 aromatic carbocycles. The van der Waals surface area contributed by atoms with Gasteiger partial charge in [0.25, 0.3) is 5.91 Å². The number of benzene rings is 1. The summed E-state index contributed by atoms with van der Waals surface area (Å²) in [6, 6.07) is 6.70. The molecule has 2 atom stereocenters. The van der Waals surface area contributed by atoms with Crippen LogP contribution in [0.5, 0.6) is 0 Å². The topological polar surface area (TPSA) is 49.9 Å². The van der Waals surface area contributed by atoms with E-state index in [0.717, 1.165) is 18.7 Å². The van der Waals surface area contributed by atoms with Gasteiger partial charge < -0.3 is 9.64 Å². The Morgan fingerprint density at radius 2 is 1.83 bits per heavy atom. The highest BCUT2D eigenvalue weighted by Crippen LogP contribution is 2.18. The number of rotatable bonds is 4. The van der Waals surface area contributed by atoms with Gasteiger partial charge in [0.05, 0.1) is 0 Å². The smallest absolute Gasteiger partial charge is 0.303 e. The van der Waals surface area contributed by atoms with E-state index in [-0.39, 0.29) is 30.4 Å². The van der Waals surface area contributed by atoms with Crippen molar-refractivity contribution in [1.29, 1.82) is 0 Å². The van der Waals surface area contributed by atoms with Gasteiger partial charge in [0, 0.05) is 38.6 Å². The predicted molar refractivity (Wildman–Crippen MR) is 84.1 cm³/mol. The molecule has 0 aromatic heterocycles. The van der Waals surface area contributed by atoms with Crippen molar-refractivity contribution in [2.75, 3.05) is 19.7 Å². The standard InChI is InChI=1S/C17H23FN2O3/c1-12-9-20(17(22)11-23-14(3)21)13(2)8-19(12)10-15-4-6-16(18)7-5-15/h4-7,12-13H,8-11H2,1-3H3/t12-,13+/m0/s1. The molecule has 1 aliphatic rings. The summed E-state index contributed by atoms with van der Waals surface area (Å²) >= 11 is 0. The van der Waals surface area contributed by atoms with Gasteiger partial charge in [-0.25, -0.2) is 4.39 Å². The van der Waals surface area contributed by atoms with Crippen LogP contribution in [-0.4, -0.2) is 53.5 Å². The lowest BCUT2D eigenvalue weighted by Crippen LogP contribution is -2.58. The average Bonchev–Trinajstić information content (AvgIpc) is 2.50. The van der Waals surface area contributed by atoms with Crippen molar-refractivity contribution < 1.29 is 18.7 Å². The molecule has 1 saturated heterocycles. The molecule has 0 radical (unpaired) electrons. The van der Waals surface area contributed by atoms with Crippen LogP contribution in [0.3, 0.4) is 0 Å². The summed E-state index contributed by atoms with van der Waals surface area (Å²) in [5, 5.41) is 0.